The summed E-state index contributed by atoms with van der Waals surface area (Å²) in [6.45, 7) is 0. The molecule has 0 bridgehead atoms. The van der Waals surface area contributed by atoms with Gasteiger partial charge in [0.1, 0.15) is 17.6 Å². The quantitative estimate of drug-likeness (QED) is 0.886. The first-order chi connectivity index (χ1) is 11.7. The monoisotopic (exact) mass is 327 g/mol. The SMILES string of the molecule is COc1ccccc1[C@@H](NC(=O)CC1CCCC1)c1nccn1C. The molecule has 3 rings (SSSR count). The van der Waals surface area contributed by atoms with Gasteiger partial charge in [-0.25, -0.2) is 4.98 Å². The number of nitrogens with zero attached hydrogens (tertiary/aromatic N) is 2. The fraction of sp³-hybridized carbons (Fsp3) is 0.474. The fourth-order valence-corrected chi connectivity index (χ4v) is 3.54. The maximum absolute atomic E-state index is 12.6. The van der Waals surface area contributed by atoms with Crippen LogP contribution in [-0.2, 0) is 11.8 Å². The van der Waals surface area contributed by atoms with Crippen molar-refractivity contribution in [1.82, 2.24) is 14.9 Å². The van der Waals surface area contributed by atoms with Crippen molar-refractivity contribution < 1.29 is 9.53 Å². The van der Waals surface area contributed by atoms with E-state index in [1.165, 1.54) is 12.8 Å². The second kappa shape index (κ2) is 7.51. The maximum atomic E-state index is 12.6. The van der Waals surface area contributed by atoms with Gasteiger partial charge in [0.15, 0.2) is 0 Å². The number of carbonyl (C=O) groups is 1. The van der Waals surface area contributed by atoms with Crippen LogP contribution in [0.1, 0.15) is 49.5 Å². The molecule has 0 spiro atoms. The Morgan fingerprint density at radius 1 is 1.38 bits per heavy atom. The summed E-state index contributed by atoms with van der Waals surface area (Å²) in [5.74, 6) is 2.16. The lowest BCUT2D eigenvalue weighted by Crippen LogP contribution is -2.32. The minimum absolute atomic E-state index is 0.0841. The molecule has 1 aromatic carbocycles. The Balaban J connectivity index is 1.85. The molecule has 0 aliphatic heterocycles. The number of aryl methyl sites for hydroxylation is 1. The molecule has 128 valence electrons. The van der Waals surface area contributed by atoms with Gasteiger partial charge in [0, 0.05) is 31.4 Å². The van der Waals surface area contributed by atoms with Crippen LogP contribution < -0.4 is 10.1 Å². The number of rotatable bonds is 6. The van der Waals surface area contributed by atoms with Crippen molar-refractivity contribution in [1.29, 1.82) is 0 Å². The van der Waals surface area contributed by atoms with Crippen molar-refractivity contribution in [3.63, 3.8) is 0 Å². The van der Waals surface area contributed by atoms with Gasteiger partial charge in [-0.2, -0.15) is 0 Å². The Morgan fingerprint density at radius 2 is 2.12 bits per heavy atom. The smallest absolute Gasteiger partial charge is 0.221 e. The number of para-hydroxylation sites is 1. The van der Waals surface area contributed by atoms with Crippen LogP contribution in [0.2, 0.25) is 0 Å². The number of hydrogen-bond donors (Lipinski definition) is 1. The van der Waals surface area contributed by atoms with Crippen molar-refractivity contribution in [2.24, 2.45) is 13.0 Å². The fourth-order valence-electron chi connectivity index (χ4n) is 3.54. The summed E-state index contributed by atoms with van der Waals surface area (Å²) in [5, 5.41) is 3.18. The van der Waals surface area contributed by atoms with Crippen LogP contribution in [-0.4, -0.2) is 22.6 Å². The molecule has 1 heterocycles. The molecule has 5 heteroatoms. The second-order valence-electron chi connectivity index (χ2n) is 6.49. The van der Waals surface area contributed by atoms with Crippen LogP contribution in [0.15, 0.2) is 36.7 Å². The Morgan fingerprint density at radius 3 is 2.79 bits per heavy atom. The summed E-state index contributed by atoms with van der Waals surface area (Å²) in [7, 11) is 3.59. The molecular formula is C19H25N3O2. The minimum Gasteiger partial charge on any atom is -0.496 e. The number of benzene rings is 1. The van der Waals surface area contributed by atoms with Crippen molar-refractivity contribution in [3.05, 3.63) is 48.0 Å². The van der Waals surface area contributed by atoms with Gasteiger partial charge in [0.05, 0.1) is 7.11 Å². The average Bonchev–Trinajstić information content (AvgIpc) is 3.24. The second-order valence-corrected chi connectivity index (χ2v) is 6.49. The Hall–Kier alpha value is -2.30. The standard InChI is InChI=1S/C19H25N3O2/c1-22-12-11-20-19(22)18(15-9-5-6-10-16(15)24-2)21-17(23)13-14-7-3-4-8-14/h5-6,9-12,14,18H,3-4,7-8,13H2,1-2H3,(H,21,23)/t18-/m1/s1. The Bertz CT molecular complexity index is 689. The zero-order chi connectivity index (χ0) is 16.9. The van der Waals surface area contributed by atoms with E-state index >= 15 is 0 Å². The third kappa shape index (κ3) is 3.61. The third-order valence-corrected chi connectivity index (χ3v) is 4.82. The van der Waals surface area contributed by atoms with Crippen molar-refractivity contribution in [2.45, 2.75) is 38.1 Å². The number of amides is 1. The van der Waals surface area contributed by atoms with Crippen LogP contribution in [0.25, 0.3) is 0 Å². The van der Waals surface area contributed by atoms with Crippen LogP contribution in [0, 0.1) is 5.92 Å². The van der Waals surface area contributed by atoms with Gasteiger partial charge in [-0.1, -0.05) is 31.0 Å². The van der Waals surface area contributed by atoms with E-state index in [0.717, 1.165) is 30.0 Å². The van der Waals surface area contributed by atoms with Crippen LogP contribution in [0.5, 0.6) is 5.75 Å². The molecule has 2 aromatic rings. The Labute approximate surface area is 143 Å². The molecular weight excluding hydrogens is 302 g/mol. The zero-order valence-corrected chi connectivity index (χ0v) is 14.4. The van der Waals surface area contributed by atoms with Crippen LogP contribution in [0.3, 0.4) is 0 Å². The summed E-state index contributed by atoms with van der Waals surface area (Å²) in [4.78, 5) is 17.0. The number of methoxy groups -OCH3 is 1. The summed E-state index contributed by atoms with van der Waals surface area (Å²) < 4.78 is 7.43. The first-order valence-corrected chi connectivity index (χ1v) is 8.58. The normalized spacial score (nSPS) is 16.1. The molecule has 1 aliphatic rings. The molecule has 1 fully saturated rings. The van der Waals surface area contributed by atoms with Crippen molar-refractivity contribution in [2.75, 3.05) is 7.11 Å². The molecule has 5 nitrogen and oxygen atoms in total. The molecule has 1 aromatic heterocycles. The van der Waals surface area contributed by atoms with E-state index in [2.05, 4.69) is 10.3 Å². The lowest BCUT2D eigenvalue weighted by Gasteiger charge is -2.22. The molecule has 0 radical (unpaired) electrons. The first-order valence-electron chi connectivity index (χ1n) is 8.58. The average molecular weight is 327 g/mol. The molecule has 1 amide bonds. The molecule has 24 heavy (non-hydrogen) atoms. The number of ether oxygens (including phenoxy) is 1. The number of aromatic nitrogens is 2. The van der Waals surface area contributed by atoms with E-state index < -0.39 is 0 Å². The van der Waals surface area contributed by atoms with Crippen molar-refractivity contribution >= 4 is 5.91 Å². The summed E-state index contributed by atoms with van der Waals surface area (Å²) in [6, 6.07) is 7.47. The lowest BCUT2D eigenvalue weighted by atomic mass is 10.0. The van der Waals surface area contributed by atoms with Crippen LogP contribution in [0.4, 0.5) is 0 Å². The van der Waals surface area contributed by atoms with Gasteiger partial charge in [-0.15, -0.1) is 0 Å². The summed E-state index contributed by atoms with van der Waals surface area (Å²) >= 11 is 0. The highest BCUT2D eigenvalue weighted by molar-refractivity contribution is 5.77. The predicted molar refractivity (Wildman–Crippen MR) is 92.8 cm³/mol. The van der Waals surface area contributed by atoms with E-state index in [0.29, 0.717) is 12.3 Å². The van der Waals surface area contributed by atoms with Gasteiger partial charge in [-0.3, -0.25) is 4.79 Å². The maximum Gasteiger partial charge on any atom is 0.221 e. The number of nitrogens with one attached hydrogen (secondary N) is 1. The van der Waals surface area contributed by atoms with Gasteiger partial charge in [0.25, 0.3) is 0 Å². The predicted octanol–water partition coefficient (Wildman–Crippen LogP) is 3.21. The largest absolute Gasteiger partial charge is 0.496 e. The van der Waals surface area contributed by atoms with Gasteiger partial charge in [-0.05, 0) is 24.8 Å². The van der Waals surface area contributed by atoms with Gasteiger partial charge >= 0.3 is 0 Å². The third-order valence-electron chi connectivity index (χ3n) is 4.82. The van der Waals surface area contributed by atoms with E-state index in [9.17, 15) is 4.79 Å². The van der Waals surface area contributed by atoms with E-state index in [1.807, 2.05) is 42.1 Å². The molecule has 0 unspecified atom stereocenters. The number of carbonyl (C=O) groups excluding carboxylic acids is 1. The molecule has 1 N–H and O–H groups in total. The number of hydrogen-bond acceptors (Lipinski definition) is 3. The van der Waals surface area contributed by atoms with Gasteiger partial charge < -0.3 is 14.6 Å². The highest BCUT2D eigenvalue weighted by Gasteiger charge is 2.25. The topological polar surface area (TPSA) is 56.1 Å². The highest BCUT2D eigenvalue weighted by Crippen LogP contribution is 2.31. The molecule has 1 saturated carbocycles. The highest BCUT2D eigenvalue weighted by atomic mass is 16.5. The molecule has 0 saturated heterocycles. The molecule has 1 aliphatic carbocycles. The molecule has 1 atom stereocenters. The van der Waals surface area contributed by atoms with E-state index in [-0.39, 0.29) is 11.9 Å². The van der Waals surface area contributed by atoms with E-state index in [1.54, 1.807) is 13.3 Å². The van der Waals surface area contributed by atoms with Gasteiger partial charge in [0.2, 0.25) is 5.91 Å². The minimum atomic E-state index is -0.310. The first kappa shape index (κ1) is 16.6. The van der Waals surface area contributed by atoms with E-state index in [4.69, 9.17) is 4.74 Å². The van der Waals surface area contributed by atoms with Crippen molar-refractivity contribution in [3.8, 4) is 5.75 Å². The summed E-state index contributed by atoms with van der Waals surface area (Å²) in [5.41, 5.74) is 0.925. The van der Waals surface area contributed by atoms with Crippen LogP contribution >= 0.6 is 0 Å². The number of imidazole rings is 1. The summed E-state index contributed by atoms with van der Waals surface area (Å²) in [6.07, 6.45) is 9.04. The lowest BCUT2D eigenvalue weighted by molar-refractivity contribution is -0.122. The zero-order valence-electron chi connectivity index (χ0n) is 14.4. The Kier molecular flexibility index (Phi) is 5.18.